The van der Waals surface area contributed by atoms with Crippen LogP contribution in [0.25, 0.3) is 0 Å². The Morgan fingerprint density at radius 1 is 1.36 bits per heavy atom. The molecule has 11 heavy (non-hydrogen) atoms. The average Bonchev–Trinajstić information content (AvgIpc) is 2.44. The smallest absolute Gasteiger partial charge is 0.0851 e. The Morgan fingerprint density at radius 3 is 2.64 bits per heavy atom. The van der Waals surface area contributed by atoms with Crippen LogP contribution in [0.1, 0.15) is 32.1 Å². The van der Waals surface area contributed by atoms with Crippen LogP contribution in [0.4, 0.5) is 0 Å². The summed E-state index contributed by atoms with van der Waals surface area (Å²) in [6, 6.07) is 0. The fraction of sp³-hybridized carbons (Fsp3) is 0.889. The molecule has 3 fully saturated rings. The third-order valence-electron chi connectivity index (χ3n) is 3.59. The summed E-state index contributed by atoms with van der Waals surface area (Å²) in [5.41, 5.74) is 1.35. The zero-order chi connectivity index (χ0) is 7.47. The highest BCUT2D eigenvalue weighted by atomic mass is 16.6. The lowest BCUT2D eigenvalue weighted by Crippen LogP contribution is -2.23. The molecule has 2 atom stereocenters. The predicted octanol–water partition coefficient (Wildman–Crippen LogP) is 1.74. The molecule has 1 saturated heterocycles. The number of ether oxygens (including phenoxy) is 1. The molecule has 2 heteroatoms. The van der Waals surface area contributed by atoms with E-state index in [9.17, 15) is 0 Å². The minimum atomic E-state index is 0.327. The second-order valence-electron chi connectivity index (χ2n) is 4.23. The maximum Gasteiger partial charge on any atom is 0.0851 e. The molecule has 0 bridgehead atoms. The normalized spacial score (nSPS) is 53.6. The molecule has 1 N–H and O–H groups in total. The highest BCUT2D eigenvalue weighted by Crippen LogP contribution is 2.55. The molecule has 2 saturated carbocycles. The summed E-state index contributed by atoms with van der Waals surface area (Å²) in [7, 11) is 0. The van der Waals surface area contributed by atoms with Gasteiger partial charge in [0.25, 0.3) is 0 Å². The van der Waals surface area contributed by atoms with Crippen molar-refractivity contribution in [2.45, 2.75) is 44.3 Å². The summed E-state index contributed by atoms with van der Waals surface area (Å²) < 4.78 is 5.39. The van der Waals surface area contributed by atoms with Gasteiger partial charge in [0.1, 0.15) is 0 Å². The fourth-order valence-corrected chi connectivity index (χ4v) is 2.86. The van der Waals surface area contributed by atoms with Crippen molar-refractivity contribution in [1.29, 1.82) is 5.41 Å². The number of nitrogens with one attached hydrogen (secondary N) is 1. The van der Waals surface area contributed by atoms with Gasteiger partial charge in [-0.25, -0.2) is 0 Å². The molecular formula is C9H13NO. The molecule has 2 aliphatic carbocycles. The lowest BCUT2D eigenvalue weighted by molar-refractivity contribution is 0.234. The van der Waals surface area contributed by atoms with Gasteiger partial charge < -0.3 is 10.1 Å². The van der Waals surface area contributed by atoms with Gasteiger partial charge in [0.15, 0.2) is 0 Å². The zero-order valence-electron chi connectivity index (χ0n) is 6.60. The first-order valence-electron chi connectivity index (χ1n) is 4.54. The summed E-state index contributed by atoms with van der Waals surface area (Å²) in [6.07, 6.45) is 6.99. The molecular weight excluding hydrogens is 138 g/mol. The van der Waals surface area contributed by atoms with E-state index in [1.165, 1.54) is 12.8 Å². The van der Waals surface area contributed by atoms with E-state index in [0.717, 1.165) is 25.0 Å². The number of hydrogen-bond acceptors (Lipinski definition) is 2. The van der Waals surface area contributed by atoms with Gasteiger partial charge in [-0.3, -0.25) is 0 Å². The van der Waals surface area contributed by atoms with Crippen molar-refractivity contribution in [3.63, 3.8) is 0 Å². The van der Waals surface area contributed by atoms with E-state index in [-0.39, 0.29) is 0 Å². The number of epoxide rings is 1. The Labute approximate surface area is 66.4 Å². The molecule has 3 aliphatic rings. The van der Waals surface area contributed by atoms with Crippen molar-refractivity contribution in [1.82, 2.24) is 0 Å². The molecule has 0 aromatic rings. The lowest BCUT2D eigenvalue weighted by atomic mass is 9.82. The van der Waals surface area contributed by atoms with Gasteiger partial charge in [-0.1, -0.05) is 0 Å². The van der Waals surface area contributed by atoms with Crippen molar-refractivity contribution in [3.8, 4) is 0 Å². The second kappa shape index (κ2) is 1.69. The van der Waals surface area contributed by atoms with Gasteiger partial charge in [-0.05, 0) is 32.1 Å². The standard InChI is InChI=1S/C9H13NO/c10-8-2-1-3-9(8)4-6-7(5-9)11-6/h6-7,10H,1-5H2. The Kier molecular flexibility index (Phi) is 0.947. The third-order valence-corrected chi connectivity index (χ3v) is 3.59. The van der Waals surface area contributed by atoms with E-state index >= 15 is 0 Å². The number of rotatable bonds is 0. The molecule has 0 aromatic heterocycles. The molecule has 1 heterocycles. The quantitative estimate of drug-likeness (QED) is 0.526. The highest BCUT2D eigenvalue weighted by Gasteiger charge is 2.58. The molecule has 1 aliphatic heterocycles. The maximum absolute atomic E-state index is 7.85. The monoisotopic (exact) mass is 151 g/mol. The Balaban J connectivity index is 1.89. The largest absolute Gasteiger partial charge is 0.370 e. The molecule has 1 spiro atoms. The minimum absolute atomic E-state index is 0.327. The Bertz CT molecular complexity index is 214. The van der Waals surface area contributed by atoms with Gasteiger partial charge in [-0.2, -0.15) is 0 Å². The van der Waals surface area contributed by atoms with Crippen LogP contribution >= 0.6 is 0 Å². The topological polar surface area (TPSA) is 36.4 Å². The first-order chi connectivity index (χ1) is 5.30. The van der Waals surface area contributed by atoms with Gasteiger partial charge in [-0.15, -0.1) is 0 Å². The molecule has 0 amide bonds. The molecule has 2 unspecified atom stereocenters. The van der Waals surface area contributed by atoms with E-state index in [1.54, 1.807) is 0 Å². The van der Waals surface area contributed by atoms with Crippen molar-refractivity contribution < 1.29 is 4.74 Å². The summed E-state index contributed by atoms with van der Waals surface area (Å²) in [6.45, 7) is 0. The molecule has 0 aromatic carbocycles. The van der Waals surface area contributed by atoms with Crippen molar-refractivity contribution >= 4 is 5.71 Å². The number of fused-ring (bicyclic) bond motifs is 1. The van der Waals surface area contributed by atoms with Crippen molar-refractivity contribution in [3.05, 3.63) is 0 Å². The molecule has 60 valence electrons. The van der Waals surface area contributed by atoms with Gasteiger partial charge in [0.05, 0.1) is 12.2 Å². The highest BCUT2D eigenvalue weighted by molar-refractivity contribution is 5.90. The maximum atomic E-state index is 7.85. The summed E-state index contributed by atoms with van der Waals surface area (Å²) in [5, 5.41) is 7.85. The second-order valence-corrected chi connectivity index (χ2v) is 4.23. The van der Waals surface area contributed by atoms with Crippen LogP contribution in [0.15, 0.2) is 0 Å². The Morgan fingerprint density at radius 2 is 2.09 bits per heavy atom. The van der Waals surface area contributed by atoms with E-state index in [1.807, 2.05) is 0 Å². The average molecular weight is 151 g/mol. The van der Waals surface area contributed by atoms with Gasteiger partial charge >= 0.3 is 0 Å². The molecule has 2 nitrogen and oxygen atoms in total. The minimum Gasteiger partial charge on any atom is -0.370 e. The van der Waals surface area contributed by atoms with Crippen LogP contribution in [0.3, 0.4) is 0 Å². The van der Waals surface area contributed by atoms with Crippen molar-refractivity contribution in [2.75, 3.05) is 0 Å². The van der Waals surface area contributed by atoms with Crippen LogP contribution in [-0.2, 0) is 4.74 Å². The third kappa shape index (κ3) is 0.684. The first kappa shape index (κ1) is 6.18. The van der Waals surface area contributed by atoms with Gasteiger partial charge in [0.2, 0.25) is 0 Å². The van der Waals surface area contributed by atoms with Crippen LogP contribution in [-0.4, -0.2) is 17.9 Å². The number of hydrogen-bond donors (Lipinski definition) is 1. The van der Waals surface area contributed by atoms with Crippen LogP contribution in [0.2, 0.25) is 0 Å². The molecule has 0 radical (unpaired) electrons. The van der Waals surface area contributed by atoms with Crippen LogP contribution in [0.5, 0.6) is 0 Å². The lowest BCUT2D eigenvalue weighted by Gasteiger charge is -2.24. The van der Waals surface area contributed by atoms with Crippen LogP contribution < -0.4 is 0 Å². The van der Waals surface area contributed by atoms with Crippen LogP contribution in [0, 0.1) is 10.8 Å². The van der Waals surface area contributed by atoms with E-state index < -0.39 is 0 Å². The van der Waals surface area contributed by atoms with Crippen molar-refractivity contribution in [2.24, 2.45) is 5.41 Å². The zero-order valence-corrected chi connectivity index (χ0v) is 6.60. The summed E-state index contributed by atoms with van der Waals surface area (Å²) >= 11 is 0. The Hall–Kier alpha value is -0.370. The molecule has 3 rings (SSSR count). The first-order valence-corrected chi connectivity index (χ1v) is 4.54. The summed E-state index contributed by atoms with van der Waals surface area (Å²) in [4.78, 5) is 0. The fourth-order valence-electron chi connectivity index (χ4n) is 2.86. The predicted molar refractivity (Wildman–Crippen MR) is 41.9 cm³/mol. The summed E-state index contributed by atoms with van der Waals surface area (Å²) in [5.74, 6) is 0. The van der Waals surface area contributed by atoms with E-state index in [0.29, 0.717) is 17.6 Å². The van der Waals surface area contributed by atoms with E-state index in [2.05, 4.69) is 0 Å². The van der Waals surface area contributed by atoms with E-state index in [4.69, 9.17) is 10.1 Å². The SMILES string of the molecule is N=C1CCCC12CC1OC1C2. The van der Waals surface area contributed by atoms with Gasteiger partial charge in [0, 0.05) is 11.1 Å².